The first-order chi connectivity index (χ1) is 8.84. The van der Waals surface area contributed by atoms with E-state index in [1.165, 1.54) is 0 Å². The number of hydrogen-bond donors (Lipinski definition) is 1. The SMILES string of the molecule is Cc1cc2nnc(CC(C)(C(=O)O)C(C)C)n2cn1. The average molecular weight is 262 g/mol. The van der Waals surface area contributed by atoms with Gasteiger partial charge in [-0.05, 0) is 19.8 Å². The van der Waals surface area contributed by atoms with Crippen LogP contribution in [-0.2, 0) is 11.2 Å². The van der Waals surface area contributed by atoms with Gasteiger partial charge in [-0.25, -0.2) is 4.98 Å². The predicted octanol–water partition coefficient (Wildman–Crippen LogP) is 1.72. The zero-order valence-electron chi connectivity index (χ0n) is 11.6. The van der Waals surface area contributed by atoms with Crippen LogP contribution in [0.25, 0.3) is 5.65 Å². The molecule has 0 amide bonds. The van der Waals surface area contributed by atoms with E-state index in [4.69, 9.17) is 0 Å². The van der Waals surface area contributed by atoms with Crippen molar-refractivity contribution < 1.29 is 9.90 Å². The molecule has 1 atom stereocenters. The van der Waals surface area contributed by atoms with Gasteiger partial charge in [0.2, 0.25) is 0 Å². The molecule has 2 aromatic heterocycles. The van der Waals surface area contributed by atoms with Crippen molar-refractivity contribution in [3.8, 4) is 0 Å². The quantitative estimate of drug-likeness (QED) is 0.907. The zero-order chi connectivity index (χ0) is 14.2. The third kappa shape index (κ3) is 2.30. The molecule has 0 aliphatic rings. The van der Waals surface area contributed by atoms with E-state index in [2.05, 4.69) is 15.2 Å². The third-order valence-electron chi connectivity index (χ3n) is 3.80. The highest BCUT2D eigenvalue weighted by Crippen LogP contribution is 2.31. The molecule has 6 heteroatoms. The van der Waals surface area contributed by atoms with Crippen LogP contribution in [0, 0.1) is 18.3 Å². The molecule has 0 radical (unpaired) electrons. The van der Waals surface area contributed by atoms with Gasteiger partial charge in [0.15, 0.2) is 5.65 Å². The molecule has 19 heavy (non-hydrogen) atoms. The van der Waals surface area contributed by atoms with E-state index in [0.717, 1.165) is 5.69 Å². The summed E-state index contributed by atoms with van der Waals surface area (Å²) in [6.45, 7) is 7.42. The van der Waals surface area contributed by atoms with Gasteiger partial charge in [0.1, 0.15) is 12.2 Å². The predicted molar refractivity (Wildman–Crippen MR) is 69.8 cm³/mol. The molecular formula is C13H18N4O2. The number of aryl methyl sites for hydroxylation is 1. The van der Waals surface area contributed by atoms with Gasteiger partial charge in [0.05, 0.1) is 5.41 Å². The van der Waals surface area contributed by atoms with Crippen LogP contribution in [0.4, 0.5) is 0 Å². The van der Waals surface area contributed by atoms with Gasteiger partial charge in [-0.2, -0.15) is 0 Å². The number of carbonyl (C=O) groups is 1. The molecule has 0 saturated heterocycles. The monoisotopic (exact) mass is 262 g/mol. The lowest BCUT2D eigenvalue weighted by Crippen LogP contribution is -2.36. The van der Waals surface area contributed by atoms with E-state index in [1.54, 1.807) is 17.7 Å². The van der Waals surface area contributed by atoms with Gasteiger partial charge in [0.25, 0.3) is 0 Å². The second-order valence-electron chi connectivity index (χ2n) is 5.43. The maximum Gasteiger partial charge on any atom is 0.310 e. The normalized spacial score (nSPS) is 14.8. The summed E-state index contributed by atoms with van der Waals surface area (Å²) in [4.78, 5) is 15.7. The minimum Gasteiger partial charge on any atom is -0.481 e. The molecule has 0 aliphatic carbocycles. The van der Waals surface area contributed by atoms with Gasteiger partial charge >= 0.3 is 5.97 Å². The molecule has 1 unspecified atom stereocenters. The molecule has 102 valence electrons. The highest BCUT2D eigenvalue weighted by molar-refractivity contribution is 5.74. The van der Waals surface area contributed by atoms with Crippen molar-refractivity contribution in [3.05, 3.63) is 23.9 Å². The number of carboxylic acid groups (broad SMARTS) is 1. The number of carboxylic acids is 1. The van der Waals surface area contributed by atoms with E-state index < -0.39 is 11.4 Å². The Bertz CT molecular complexity index is 620. The van der Waals surface area contributed by atoms with Gasteiger partial charge in [-0.15, -0.1) is 10.2 Å². The number of hydrogen-bond acceptors (Lipinski definition) is 4. The molecule has 2 heterocycles. The van der Waals surface area contributed by atoms with Crippen LogP contribution in [0.5, 0.6) is 0 Å². The molecule has 0 aromatic carbocycles. The van der Waals surface area contributed by atoms with Crippen LogP contribution < -0.4 is 0 Å². The molecule has 0 fully saturated rings. The number of rotatable bonds is 4. The lowest BCUT2D eigenvalue weighted by molar-refractivity contribution is -0.150. The summed E-state index contributed by atoms with van der Waals surface area (Å²) >= 11 is 0. The van der Waals surface area contributed by atoms with Crippen LogP contribution >= 0.6 is 0 Å². The van der Waals surface area contributed by atoms with E-state index in [-0.39, 0.29) is 5.92 Å². The Morgan fingerprint density at radius 3 is 2.74 bits per heavy atom. The van der Waals surface area contributed by atoms with Gasteiger partial charge in [0, 0.05) is 18.2 Å². The average Bonchev–Trinajstić information content (AvgIpc) is 2.70. The smallest absolute Gasteiger partial charge is 0.310 e. The van der Waals surface area contributed by atoms with E-state index in [9.17, 15) is 9.90 Å². The molecule has 0 spiro atoms. The second kappa shape index (κ2) is 4.60. The topological polar surface area (TPSA) is 80.4 Å². The molecule has 0 bridgehead atoms. The van der Waals surface area contributed by atoms with E-state index >= 15 is 0 Å². The Morgan fingerprint density at radius 2 is 2.16 bits per heavy atom. The van der Waals surface area contributed by atoms with Crippen LogP contribution in [-0.4, -0.2) is 30.7 Å². The van der Waals surface area contributed by atoms with Crippen molar-refractivity contribution in [1.82, 2.24) is 19.6 Å². The minimum atomic E-state index is -0.867. The first kappa shape index (κ1) is 13.5. The Labute approximate surface area is 111 Å². The zero-order valence-corrected chi connectivity index (χ0v) is 11.6. The van der Waals surface area contributed by atoms with Crippen molar-refractivity contribution in [3.63, 3.8) is 0 Å². The van der Waals surface area contributed by atoms with E-state index in [1.807, 2.05) is 26.8 Å². The third-order valence-corrected chi connectivity index (χ3v) is 3.80. The van der Waals surface area contributed by atoms with Crippen molar-refractivity contribution in [1.29, 1.82) is 0 Å². The summed E-state index contributed by atoms with van der Waals surface area (Å²) in [6, 6.07) is 1.82. The van der Waals surface area contributed by atoms with E-state index in [0.29, 0.717) is 17.9 Å². The van der Waals surface area contributed by atoms with Crippen LogP contribution in [0.3, 0.4) is 0 Å². The summed E-state index contributed by atoms with van der Waals surface area (Å²) in [6.07, 6.45) is 1.97. The standard InChI is InChI=1S/C13H18N4O2/c1-8(2)13(4,12(18)19)6-11-16-15-10-5-9(3)14-7-17(10)11/h5,7-8H,6H2,1-4H3,(H,18,19). The molecule has 6 nitrogen and oxygen atoms in total. The molecule has 2 rings (SSSR count). The lowest BCUT2D eigenvalue weighted by Gasteiger charge is -2.28. The molecular weight excluding hydrogens is 244 g/mol. The summed E-state index contributed by atoms with van der Waals surface area (Å²) in [5, 5.41) is 17.6. The summed E-state index contributed by atoms with van der Waals surface area (Å²) in [7, 11) is 0. The van der Waals surface area contributed by atoms with Crippen LogP contribution in [0.15, 0.2) is 12.4 Å². The molecule has 1 N–H and O–H groups in total. The highest BCUT2D eigenvalue weighted by Gasteiger charge is 2.38. The number of aliphatic carboxylic acids is 1. The molecule has 0 aliphatic heterocycles. The minimum absolute atomic E-state index is 0.00393. The fourth-order valence-corrected chi connectivity index (χ4v) is 1.91. The van der Waals surface area contributed by atoms with Crippen LogP contribution in [0.2, 0.25) is 0 Å². The number of fused-ring (bicyclic) bond motifs is 1. The molecule has 2 aromatic rings. The lowest BCUT2D eigenvalue weighted by atomic mass is 9.76. The van der Waals surface area contributed by atoms with Crippen molar-refractivity contribution in [2.75, 3.05) is 0 Å². The summed E-state index contributed by atoms with van der Waals surface area (Å²) in [5.74, 6) is -0.198. The maximum absolute atomic E-state index is 11.5. The first-order valence-corrected chi connectivity index (χ1v) is 6.24. The Kier molecular flexibility index (Phi) is 3.26. The van der Waals surface area contributed by atoms with Gasteiger partial charge in [-0.1, -0.05) is 13.8 Å². The number of aromatic nitrogens is 4. The second-order valence-corrected chi connectivity index (χ2v) is 5.43. The Morgan fingerprint density at radius 1 is 1.47 bits per heavy atom. The van der Waals surface area contributed by atoms with Gasteiger partial charge < -0.3 is 5.11 Å². The van der Waals surface area contributed by atoms with Crippen molar-refractivity contribution in [2.45, 2.75) is 34.1 Å². The first-order valence-electron chi connectivity index (χ1n) is 6.24. The summed E-state index contributed by atoms with van der Waals surface area (Å²) in [5.41, 5.74) is 0.684. The van der Waals surface area contributed by atoms with Crippen LogP contribution in [0.1, 0.15) is 32.3 Å². The maximum atomic E-state index is 11.5. The fraction of sp³-hybridized carbons (Fsp3) is 0.538. The largest absolute Gasteiger partial charge is 0.481 e. The molecule has 0 saturated carbocycles. The highest BCUT2D eigenvalue weighted by atomic mass is 16.4. The van der Waals surface area contributed by atoms with Gasteiger partial charge in [-0.3, -0.25) is 9.20 Å². The van der Waals surface area contributed by atoms with Crippen molar-refractivity contribution >= 4 is 11.6 Å². The summed E-state index contributed by atoms with van der Waals surface area (Å²) < 4.78 is 1.75. The van der Waals surface area contributed by atoms with Crippen molar-refractivity contribution in [2.24, 2.45) is 11.3 Å². The Hall–Kier alpha value is -1.98. The number of nitrogens with zero attached hydrogens (tertiary/aromatic N) is 4. The Balaban J connectivity index is 2.43. The fourth-order valence-electron chi connectivity index (χ4n) is 1.91.